The van der Waals surface area contributed by atoms with Crippen molar-refractivity contribution in [3.63, 3.8) is 0 Å². The minimum atomic E-state index is -0.239. The Morgan fingerprint density at radius 1 is 1.23 bits per heavy atom. The molecule has 0 atom stereocenters. The van der Waals surface area contributed by atoms with Crippen molar-refractivity contribution < 1.29 is 14.3 Å². The highest BCUT2D eigenvalue weighted by Gasteiger charge is 2.23. The lowest BCUT2D eigenvalue weighted by Crippen LogP contribution is -2.53. The number of hydrogen-bond donors (Lipinski definition) is 1. The fraction of sp³-hybridized carbons (Fsp3) is 0.556. The van der Waals surface area contributed by atoms with Crippen molar-refractivity contribution in [3.8, 4) is 5.75 Å². The van der Waals surface area contributed by atoms with E-state index < -0.39 is 0 Å². The summed E-state index contributed by atoms with van der Waals surface area (Å²) in [4.78, 5) is 20.0. The SMILES string of the molecule is CCOC(=O)N1CCN(C(=NC)NCc2ccc(C)c(OC)c2)CC1.I. The zero-order valence-electron chi connectivity index (χ0n) is 15.9. The summed E-state index contributed by atoms with van der Waals surface area (Å²) >= 11 is 0. The monoisotopic (exact) mass is 476 g/mol. The van der Waals surface area contributed by atoms with Crippen LogP contribution in [-0.2, 0) is 11.3 Å². The van der Waals surface area contributed by atoms with Crippen molar-refractivity contribution in [1.29, 1.82) is 0 Å². The second-order valence-corrected chi connectivity index (χ2v) is 5.88. The van der Waals surface area contributed by atoms with Crippen LogP contribution in [0.5, 0.6) is 5.75 Å². The summed E-state index contributed by atoms with van der Waals surface area (Å²) in [5.74, 6) is 1.72. The number of piperazine rings is 1. The summed E-state index contributed by atoms with van der Waals surface area (Å²) in [6, 6.07) is 6.17. The van der Waals surface area contributed by atoms with Crippen molar-refractivity contribution in [1.82, 2.24) is 15.1 Å². The molecule has 1 fully saturated rings. The molecule has 0 bridgehead atoms. The maximum absolute atomic E-state index is 11.8. The van der Waals surface area contributed by atoms with E-state index in [-0.39, 0.29) is 30.1 Å². The highest BCUT2D eigenvalue weighted by atomic mass is 127. The minimum absolute atomic E-state index is 0. The number of amides is 1. The molecule has 1 aromatic rings. The molecule has 26 heavy (non-hydrogen) atoms. The van der Waals surface area contributed by atoms with E-state index >= 15 is 0 Å². The Morgan fingerprint density at radius 3 is 2.46 bits per heavy atom. The molecular weight excluding hydrogens is 447 g/mol. The number of rotatable bonds is 4. The molecule has 0 saturated carbocycles. The van der Waals surface area contributed by atoms with Crippen LogP contribution in [0.25, 0.3) is 0 Å². The lowest BCUT2D eigenvalue weighted by atomic mass is 10.1. The van der Waals surface area contributed by atoms with Crippen LogP contribution >= 0.6 is 24.0 Å². The van der Waals surface area contributed by atoms with Gasteiger partial charge in [-0.05, 0) is 31.0 Å². The third-order valence-corrected chi connectivity index (χ3v) is 4.24. The molecule has 0 spiro atoms. The molecule has 0 radical (unpaired) electrons. The molecule has 0 aliphatic carbocycles. The number of ether oxygens (including phenoxy) is 2. The van der Waals surface area contributed by atoms with Gasteiger partial charge < -0.3 is 24.6 Å². The Labute approximate surface area is 172 Å². The lowest BCUT2D eigenvalue weighted by Gasteiger charge is -2.35. The molecule has 1 aliphatic rings. The third-order valence-electron chi connectivity index (χ3n) is 4.24. The normalized spacial score (nSPS) is 14.5. The van der Waals surface area contributed by atoms with Gasteiger partial charge in [-0.1, -0.05) is 12.1 Å². The van der Waals surface area contributed by atoms with E-state index in [2.05, 4.69) is 27.3 Å². The standard InChI is InChI=1S/C18H28N4O3.HI/c1-5-25-18(23)22-10-8-21(9-11-22)17(19-3)20-13-15-7-6-14(2)16(12-15)24-4;/h6-7,12H,5,8-11,13H2,1-4H3,(H,19,20);1H. The predicted molar refractivity (Wildman–Crippen MR) is 114 cm³/mol. The largest absolute Gasteiger partial charge is 0.496 e. The number of aliphatic imine (C=N–C) groups is 1. The van der Waals surface area contributed by atoms with Crippen LogP contribution in [0, 0.1) is 6.92 Å². The fourth-order valence-corrected chi connectivity index (χ4v) is 2.80. The van der Waals surface area contributed by atoms with Crippen molar-refractivity contribution in [2.45, 2.75) is 20.4 Å². The Kier molecular flexibility index (Phi) is 9.53. The van der Waals surface area contributed by atoms with Crippen molar-refractivity contribution in [3.05, 3.63) is 29.3 Å². The topological polar surface area (TPSA) is 66.4 Å². The van der Waals surface area contributed by atoms with Crippen LogP contribution in [0.3, 0.4) is 0 Å². The van der Waals surface area contributed by atoms with Crippen molar-refractivity contribution >= 4 is 36.0 Å². The number of guanidine groups is 1. The number of halogens is 1. The highest BCUT2D eigenvalue weighted by Crippen LogP contribution is 2.18. The molecule has 1 amide bonds. The van der Waals surface area contributed by atoms with E-state index in [0.717, 1.165) is 35.9 Å². The molecule has 2 rings (SSSR count). The number of nitrogens with one attached hydrogen (secondary N) is 1. The summed E-state index contributed by atoms with van der Waals surface area (Å²) in [5.41, 5.74) is 2.25. The average molecular weight is 476 g/mol. The van der Waals surface area contributed by atoms with E-state index in [1.54, 1.807) is 19.1 Å². The molecule has 0 aromatic heterocycles. The number of carbonyl (C=O) groups is 1. The number of carbonyl (C=O) groups excluding carboxylic acids is 1. The zero-order chi connectivity index (χ0) is 18.2. The minimum Gasteiger partial charge on any atom is -0.496 e. The summed E-state index contributed by atoms with van der Waals surface area (Å²) < 4.78 is 10.4. The predicted octanol–water partition coefficient (Wildman–Crippen LogP) is 2.47. The number of aryl methyl sites for hydroxylation is 1. The second kappa shape index (κ2) is 11.1. The smallest absolute Gasteiger partial charge is 0.409 e. The maximum Gasteiger partial charge on any atom is 0.409 e. The van der Waals surface area contributed by atoms with Crippen LogP contribution in [0.15, 0.2) is 23.2 Å². The van der Waals surface area contributed by atoms with Crippen LogP contribution in [0.1, 0.15) is 18.1 Å². The van der Waals surface area contributed by atoms with Gasteiger partial charge in [-0.3, -0.25) is 4.99 Å². The first-order valence-electron chi connectivity index (χ1n) is 8.59. The number of methoxy groups -OCH3 is 1. The molecular formula is C18H29IN4O3. The second-order valence-electron chi connectivity index (χ2n) is 5.88. The van der Waals surface area contributed by atoms with Gasteiger partial charge in [0.1, 0.15) is 5.75 Å². The lowest BCUT2D eigenvalue weighted by molar-refractivity contribution is 0.0914. The Morgan fingerprint density at radius 2 is 1.88 bits per heavy atom. The van der Waals surface area contributed by atoms with Crippen molar-refractivity contribution in [2.24, 2.45) is 4.99 Å². The number of nitrogens with zero attached hydrogens (tertiary/aromatic N) is 3. The van der Waals surface area contributed by atoms with Gasteiger partial charge in [-0.2, -0.15) is 0 Å². The summed E-state index contributed by atoms with van der Waals surface area (Å²) in [6.45, 7) is 7.66. The van der Waals surface area contributed by atoms with Gasteiger partial charge in [0.05, 0.1) is 13.7 Å². The quantitative estimate of drug-likeness (QED) is 0.411. The van der Waals surface area contributed by atoms with Crippen LogP contribution < -0.4 is 10.1 Å². The van der Waals surface area contributed by atoms with E-state index in [1.165, 1.54) is 0 Å². The van der Waals surface area contributed by atoms with E-state index in [0.29, 0.717) is 26.2 Å². The van der Waals surface area contributed by atoms with Gasteiger partial charge in [0.25, 0.3) is 0 Å². The zero-order valence-corrected chi connectivity index (χ0v) is 18.3. The number of benzene rings is 1. The van der Waals surface area contributed by atoms with Gasteiger partial charge in [-0.15, -0.1) is 24.0 Å². The first-order valence-corrected chi connectivity index (χ1v) is 8.59. The van der Waals surface area contributed by atoms with E-state index in [4.69, 9.17) is 9.47 Å². The van der Waals surface area contributed by atoms with E-state index in [9.17, 15) is 4.79 Å². The molecule has 1 saturated heterocycles. The van der Waals surface area contributed by atoms with Gasteiger partial charge in [0.2, 0.25) is 0 Å². The van der Waals surface area contributed by atoms with Crippen molar-refractivity contribution in [2.75, 3.05) is 46.9 Å². The number of hydrogen-bond acceptors (Lipinski definition) is 4. The maximum atomic E-state index is 11.8. The molecule has 1 N–H and O–H groups in total. The summed E-state index contributed by atoms with van der Waals surface area (Å²) in [6.07, 6.45) is -0.239. The van der Waals surface area contributed by atoms with Gasteiger partial charge in [0, 0.05) is 39.8 Å². The summed E-state index contributed by atoms with van der Waals surface area (Å²) in [7, 11) is 3.46. The Balaban J connectivity index is 0.00000338. The van der Waals surface area contributed by atoms with Crippen LogP contribution in [0.4, 0.5) is 4.79 Å². The first-order chi connectivity index (χ1) is 12.1. The molecule has 0 unspecified atom stereocenters. The van der Waals surface area contributed by atoms with Gasteiger partial charge >= 0.3 is 6.09 Å². The molecule has 1 aromatic carbocycles. The average Bonchev–Trinajstić information content (AvgIpc) is 2.64. The van der Waals surface area contributed by atoms with E-state index in [1.807, 2.05) is 19.9 Å². The fourth-order valence-electron chi connectivity index (χ4n) is 2.80. The molecule has 8 heteroatoms. The third kappa shape index (κ3) is 5.93. The molecule has 1 aliphatic heterocycles. The molecule has 1 heterocycles. The highest BCUT2D eigenvalue weighted by molar-refractivity contribution is 14.0. The Hall–Kier alpha value is -1.71. The first kappa shape index (κ1) is 22.3. The van der Waals surface area contributed by atoms with Crippen LogP contribution in [-0.4, -0.2) is 68.8 Å². The van der Waals surface area contributed by atoms with Gasteiger partial charge in [0.15, 0.2) is 5.96 Å². The Bertz CT molecular complexity index is 616. The summed E-state index contributed by atoms with van der Waals surface area (Å²) in [5, 5.41) is 3.38. The molecule has 7 nitrogen and oxygen atoms in total. The molecule has 146 valence electrons. The van der Waals surface area contributed by atoms with Gasteiger partial charge in [-0.25, -0.2) is 4.79 Å². The van der Waals surface area contributed by atoms with Crippen LogP contribution in [0.2, 0.25) is 0 Å².